The van der Waals surface area contributed by atoms with Crippen molar-refractivity contribution in [3.05, 3.63) is 82.7 Å². The number of hydrogen-bond acceptors (Lipinski definition) is 5. The Morgan fingerprint density at radius 2 is 2.06 bits per heavy atom. The van der Waals surface area contributed by atoms with E-state index in [-0.39, 0.29) is 18.0 Å². The molecule has 1 aromatic heterocycles. The number of carboxylic acids is 1. The minimum Gasteiger partial charge on any atom is -0.489 e. The van der Waals surface area contributed by atoms with Crippen LogP contribution < -0.4 is 10.1 Å². The summed E-state index contributed by atoms with van der Waals surface area (Å²) in [5, 5.41) is 12.6. The third kappa shape index (κ3) is 3.67. The van der Waals surface area contributed by atoms with Crippen LogP contribution in [0.5, 0.6) is 5.75 Å². The second kappa shape index (κ2) is 8.60. The van der Waals surface area contributed by atoms with Gasteiger partial charge >= 0.3 is 5.97 Å². The molecule has 2 aliphatic rings. The number of nitrogens with zero attached hydrogens (tertiary/aromatic N) is 2. The van der Waals surface area contributed by atoms with Gasteiger partial charge in [-0.2, -0.15) is 0 Å². The molecule has 0 spiro atoms. The Morgan fingerprint density at radius 3 is 2.86 bits per heavy atom. The van der Waals surface area contributed by atoms with E-state index in [4.69, 9.17) is 14.6 Å². The van der Waals surface area contributed by atoms with E-state index < -0.39 is 23.7 Å². The van der Waals surface area contributed by atoms with Crippen LogP contribution in [0.25, 0.3) is 16.7 Å². The number of halogens is 2. The Hall–Kier alpha value is -3.98. The van der Waals surface area contributed by atoms with Crippen molar-refractivity contribution >= 4 is 22.7 Å². The van der Waals surface area contributed by atoms with Gasteiger partial charge < -0.3 is 19.9 Å². The van der Waals surface area contributed by atoms with Gasteiger partial charge in [-0.05, 0) is 29.3 Å². The maximum Gasteiger partial charge on any atom is 0.306 e. The zero-order valence-corrected chi connectivity index (χ0v) is 19.4. The Balaban J connectivity index is 1.34. The molecule has 4 aromatic rings. The average Bonchev–Trinajstić information content (AvgIpc) is 3.54. The van der Waals surface area contributed by atoms with Crippen molar-refractivity contribution in [2.24, 2.45) is 0 Å². The Morgan fingerprint density at radius 1 is 1.19 bits per heavy atom. The molecule has 0 saturated carbocycles. The fraction of sp³-hybridized carbons (Fsp3) is 0.259. The number of hydrogen-bond donors (Lipinski definition) is 2. The first-order valence-corrected chi connectivity index (χ1v) is 11.8. The predicted octanol–water partition coefficient (Wildman–Crippen LogP) is 5.46. The van der Waals surface area contributed by atoms with Gasteiger partial charge in [0.2, 0.25) is 0 Å². The number of aryl methyl sites for hydroxylation is 1. The molecule has 0 saturated heterocycles. The number of aliphatic carboxylic acids is 1. The van der Waals surface area contributed by atoms with E-state index in [1.807, 2.05) is 43.3 Å². The first-order chi connectivity index (χ1) is 17.4. The van der Waals surface area contributed by atoms with Crippen LogP contribution in [0.1, 0.15) is 48.0 Å². The van der Waals surface area contributed by atoms with Crippen LogP contribution in [-0.2, 0) is 22.6 Å². The fourth-order valence-corrected chi connectivity index (χ4v) is 5.13. The zero-order valence-electron chi connectivity index (χ0n) is 19.4. The van der Waals surface area contributed by atoms with Crippen molar-refractivity contribution in [1.82, 2.24) is 9.55 Å². The molecule has 184 valence electrons. The highest BCUT2D eigenvalue weighted by molar-refractivity contribution is 5.80. The Bertz CT molecular complexity index is 1520. The topological polar surface area (TPSA) is 85.6 Å². The molecule has 3 heterocycles. The van der Waals surface area contributed by atoms with E-state index in [0.717, 1.165) is 28.4 Å². The second-order valence-corrected chi connectivity index (χ2v) is 8.99. The normalized spacial score (nSPS) is 18.2. The molecule has 9 heteroatoms. The number of carbonyl (C=O) groups is 1. The van der Waals surface area contributed by atoms with Crippen LogP contribution in [0, 0.1) is 11.6 Å². The largest absolute Gasteiger partial charge is 0.489 e. The minimum atomic E-state index is -0.895. The molecule has 0 unspecified atom stereocenters. The van der Waals surface area contributed by atoms with Crippen molar-refractivity contribution in [3.8, 4) is 11.4 Å². The van der Waals surface area contributed by atoms with Gasteiger partial charge in [0.1, 0.15) is 29.5 Å². The Labute approximate surface area is 205 Å². The summed E-state index contributed by atoms with van der Waals surface area (Å²) < 4.78 is 42.1. The molecule has 2 atom stereocenters. The highest BCUT2D eigenvalue weighted by atomic mass is 19.1. The summed E-state index contributed by atoms with van der Waals surface area (Å²) in [6, 6.07) is 13.5. The third-order valence-electron chi connectivity index (χ3n) is 6.73. The van der Waals surface area contributed by atoms with E-state index in [1.54, 1.807) is 4.57 Å². The number of anilines is 1. The molecule has 36 heavy (non-hydrogen) atoms. The number of benzene rings is 3. The van der Waals surface area contributed by atoms with Gasteiger partial charge in [-0.1, -0.05) is 25.1 Å². The van der Waals surface area contributed by atoms with Crippen molar-refractivity contribution < 1.29 is 28.2 Å². The monoisotopic (exact) mass is 491 g/mol. The lowest BCUT2D eigenvalue weighted by atomic mass is 10.0. The van der Waals surface area contributed by atoms with Crippen LogP contribution in [-0.4, -0.2) is 27.2 Å². The van der Waals surface area contributed by atoms with E-state index in [0.29, 0.717) is 42.4 Å². The smallest absolute Gasteiger partial charge is 0.306 e. The average molecular weight is 491 g/mol. The zero-order chi connectivity index (χ0) is 25.0. The molecule has 6 rings (SSSR count). The quantitative estimate of drug-likeness (QED) is 0.373. The molecule has 0 aliphatic carbocycles. The van der Waals surface area contributed by atoms with E-state index >= 15 is 0 Å². The SMILES string of the molecule is CCc1nc2c(F)cc(F)cc2n1-c1cccc2c1OC[C@H]2Nc1ccc2c(c1)CO[C@H]2CC(=O)O. The number of imidazole rings is 1. The van der Waals surface area contributed by atoms with Crippen molar-refractivity contribution in [2.45, 2.75) is 38.5 Å². The second-order valence-electron chi connectivity index (χ2n) is 8.99. The number of nitrogens with one attached hydrogen (secondary N) is 1. The van der Waals surface area contributed by atoms with Gasteiger partial charge in [-0.3, -0.25) is 9.36 Å². The van der Waals surface area contributed by atoms with Gasteiger partial charge in [0, 0.05) is 29.8 Å². The van der Waals surface area contributed by atoms with E-state index in [1.165, 1.54) is 6.07 Å². The van der Waals surface area contributed by atoms with E-state index in [9.17, 15) is 13.6 Å². The molecular weight excluding hydrogens is 468 g/mol. The maximum atomic E-state index is 14.5. The molecule has 0 amide bonds. The number of fused-ring (bicyclic) bond motifs is 3. The fourth-order valence-electron chi connectivity index (χ4n) is 5.13. The summed E-state index contributed by atoms with van der Waals surface area (Å²) in [6.07, 6.45) is 0.0291. The molecule has 0 bridgehead atoms. The van der Waals surface area contributed by atoms with Gasteiger partial charge in [-0.15, -0.1) is 0 Å². The van der Waals surface area contributed by atoms with Crippen LogP contribution in [0.3, 0.4) is 0 Å². The number of ether oxygens (including phenoxy) is 2. The summed E-state index contributed by atoms with van der Waals surface area (Å²) >= 11 is 0. The summed E-state index contributed by atoms with van der Waals surface area (Å²) in [5.74, 6) is -1.01. The van der Waals surface area contributed by atoms with E-state index in [2.05, 4.69) is 10.3 Å². The summed E-state index contributed by atoms with van der Waals surface area (Å²) in [4.78, 5) is 15.5. The minimum absolute atomic E-state index is 0.0666. The molecule has 7 nitrogen and oxygen atoms in total. The molecule has 2 N–H and O–H groups in total. The molecular formula is C27H23F2N3O4. The van der Waals surface area contributed by atoms with Crippen LogP contribution in [0.4, 0.5) is 14.5 Å². The lowest BCUT2D eigenvalue weighted by Crippen LogP contribution is -2.12. The van der Waals surface area contributed by atoms with Crippen LogP contribution >= 0.6 is 0 Å². The highest BCUT2D eigenvalue weighted by Crippen LogP contribution is 2.42. The number of para-hydroxylation sites is 1. The Kier molecular flexibility index (Phi) is 5.37. The van der Waals surface area contributed by atoms with Gasteiger partial charge in [0.15, 0.2) is 5.82 Å². The maximum absolute atomic E-state index is 14.5. The van der Waals surface area contributed by atoms with Crippen LogP contribution in [0.2, 0.25) is 0 Å². The van der Waals surface area contributed by atoms with Crippen molar-refractivity contribution in [3.63, 3.8) is 0 Å². The van der Waals surface area contributed by atoms with Gasteiger partial charge in [-0.25, -0.2) is 13.8 Å². The lowest BCUT2D eigenvalue weighted by Gasteiger charge is -2.15. The van der Waals surface area contributed by atoms with Gasteiger partial charge in [0.25, 0.3) is 0 Å². The molecule has 0 radical (unpaired) electrons. The first kappa shape index (κ1) is 22.5. The summed E-state index contributed by atoms with van der Waals surface area (Å²) in [7, 11) is 0. The number of carboxylic acid groups (broad SMARTS) is 1. The van der Waals surface area contributed by atoms with Gasteiger partial charge in [0.05, 0.1) is 36.4 Å². The summed E-state index contributed by atoms with van der Waals surface area (Å²) in [5.41, 5.74) is 4.81. The highest BCUT2D eigenvalue weighted by Gasteiger charge is 2.30. The summed E-state index contributed by atoms with van der Waals surface area (Å²) in [6.45, 7) is 2.66. The third-order valence-corrected chi connectivity index (χ3v) is 6.73. The molecule has 3 aromatic carbocycles. The van der Waals surface area contributed by atoms with Crippen LogP contribution in [0.15, 0.2) is 48.5 Å². The van der Waals surface area contributed by atoms with Crippen molar-refractivity contribution in [1.29, 1.82) is 0 Å². The first-order valence-electron chi connectivity index (χ1n) is 11.8. The predicted molar refractivity (Wildman–Crippen MR) is 128 cm³/mol. The molecule has 0 fully saturated rings. The van der Waals surface area contributed by atoms with Crippen molar-refractivity contribution in [2.75, 3.05) is 11.9 Å². The standard InChI is InChI=1S/C27H23F2N3O4/c1-2-24-31-26-19(29)9-15(28)10-22(26)32(24)21-5-3-4-18-20(13-36-27(18)21)30-16-6-7-17-14(8-16)12-35-23(17)11-25(33)34/h3-10,20,23,30H,2,11-13H2,1H3,(H,33,34)/t20-,23+/m1/s1. The molecule has 2 aliphatic heterocycles. The lowest BCUT2D eigenvalue weighted by molar-refractivity contribution is -0.140. The number of aromatic nitrogens is 2. The number of rotatable bonds is 6.